The van der Waals surface area contributed by atoms with E-state index in [1.54, 1.807) is 37.4 Å². The van der Waals surface area contributed by atoms with Crippen LogP contribution in [0, 0.1) is 5.41 Å². The number of ether oxygens (including phenoxy) is 3. The summed E-state index contributed by atoms with van der Waals surface area (Å²) in [5.41, 5.74) is 2.04. The lowest BCUT2D eigenvalue weighted by molar-refractivity contribution is -0.156. The molecule has 1 aromatic carbocycles. The largest absolute Gasteiger partial charge is 0.472 e. The molecule has 0 radical (unpaired) electrons. The van der Waals surface area contributed by atoms with Gasteiger partial charge in [-0.3, -0.25) is 0 Å². The fourth-order valence-corrected chi connectivity index (χ4v) is 4.37. The molecule has 0 spiro atoms. The average molecular weight is 396 g/mol. The highest BCUT2D eigenvalue weighted by Gasteiger charge is 2.50. The Kier molecular flexibility index (Phi) is 5.04. The van der Waals surface area contributed by atoms with E-state index in [1.165, 1.54) is 12.5 Å². The SMILES string of the molecule is CO[C@H]1CC2=C([C@H](OC(=O)c3ccccc3)C(c3ccoc3)OC2=O)C(C)(C)C1. The van der Waals surface area contributed by atoms with Crippen molar-refractivity contribution in [2.75, 3.05) is 7.11 Å². The van der Waals surface area contributed by atoms with Gasteiger partial charge in [-0.1, -0.05) is 32.0 Å². The van der Waals surface area contributed by atoms with Gasteiger partial charge < -0.3 is 18.6 Å². The Morgan fingerprint density at radius 2 is 1.93 bits per heavy atom. The summed E-state index contributed by atoms with van der Waals surface area (Å²) in [5, 5.41) is 0. The van der Waals surface area contributed by atoms with Crippen molar-refractivity contribution in [1.29, 1.82) is 0 Å². The molecule has 0 fully saturated rings. The lowest BCUT2D eigenvalue weighted by Crippen LogP contribution is -2.46. The zero-order chi connectivity index (χ0) is 20.6. The second kappa shape index (κ2) is 7.52. The molecule has 6 heteroatoms. The van der Waals surface area contributed by atoms with Gasteiger partial charge in [0.15, 0.2) is 12.2 Å². The number of cyclic esters (lactones) is 1. The van der Waals surface area contributed by atoms with Gasteiger partial charge in [0, 0.05) is 24.7 Å². The first-order valence-electron chi connectivity index (χ1n) is 9.66. The molecule has 0 N–H and O–H groups in total. The normalized spacial score (nSPS) is 25.9. The summed E-state index contributed by atoms with van der Waals surface area (Å²) >= 11 is 0. The summed E-state index contributed by atoms with van der Waals surface area (Å²) in [6, 6.07) is 10.5. The van der Waals surface area contributed by atoms with Gasteiger partial charge >= 0.3 is 11.9 Å². The minimum absolute atomic E-state index is 0.0905. The number of esters is 2. The minimum atomic E-state index is -0.758. The van der Waals surface area contributed by atoms with Crippen LogP contribution < -0.4 is 0 Å². The van der Waals surface area contributed by atoms with Crippen LogP contribution in [0.4, 0.5) is 0 Å². The van der Waals surface area contributed by atoms with Crippen molar-refractivity contribution in [3.8, 4) is 0 Å². The molecule has 1 aromatic heterocycles. The van der Waals surface area contributed by atoms with Crippen LogP contribution in [0.2, 0.25) is 0 Å². The van der Waals surface area contributed by atoms with Crippen LogP contribution >= 0.6 is 0 Å². The summed E-state index contributed by atoms with van der Waals surface area (Å²) in [4.78, 5) is 25.8. The molecule has 6 nitrogen and oxygen atoms in total. The minimum Gasteiger partial charge on any atom is -0.472 e. The van der Waals surface area contributed by atoms with Crippen molar-refractivity contribution < 1.29 is 28.2 Å². The average Bonchev–Trinajstić information content (AvgIpc) is 3.24. The van der Waals surface area contributed by atoms with Gasteiger partial charge in [-0.2, -0.15) is 0 Å². The molecule has 2 aliphatic rings. The first kappa shape index (κ1) is 19.5. The third kappa shape index (κ3) is 3.60. The highest BCUT2D eigenvalue weighted by atomic mass is 16.6. The molecule has 2 aromatic rings. The summed E-state index contributed by atoms with van der Waals surface area (Å²) in [6.45, 7) is 4.09. The molecule has 1 unspecified atom stereocenters. The predicted molar refractivity (Wildman–Crippen MR) is 104 cm³/mol. The van der Waals surface area contributed by atoms with Gasteiger partial charge in [0.1, 0.15) is 0 Å². The Balaban J connectivity index is 1.78. The molecule has 0 bridgehead atoms. The zero-order valence-electron chi connectivity index (χ0n) is 16.7. The lowest BCUT2D eigenvalue weighted by Gasteiger charge is -2.45. The maximum Gasteiger partial charge on any atom is 0.338 e. The van der Waals surface area contributed by atoms with Crippen molar-refractivity contribution >= 4 is 11.9 Å². The van der Waals surface area contributed by atoms with Crippen molar-refractivity contribution in [3.63, 3.8) is 0 Å². The first-order valence-corrected chi connectivity index (χ1v) is 9.66. The molecule has 29 heavy (non-hydrogen) atoms. The summed E-state index contributed by atoms with van der Waals surface area (Å²) in [7, 11) is 1.64. The monoisotopic (exact) mass is 396 g/mol. The smallest absolute Gasteiger partial charge is 0.338 e. The van der Waals surface area contributed by atoms with Crippen molar-refractivity contribution in [2.24, 2.45) is 5.41 Å². The maximum atomic E-state index is 12.9. The van der Waals surface area contributed by atoms with E-state index in [-0.39, 0.29) is 6.10 Å². The Morgan fingerprint density at radius 3 is 2.59 bits per heavy atom. The Labute approximate surface area is 169 Å². The number of furan rings is 1. The number of carbonyl (C=O) groups is 2. The third-order valence-electron chi connectivity index (χ3n) is 5.71. The van der Waals surface area contributed by atoms with Gasteiger partial charge in [0.2, 0.25) is 0 Å². The van der Waals surface area contributed by atoms with Crippen LogP contribution in [-0.4, -0.2) is 31.3 Å². The zero-order valence-corrected chi connectivity index (χ0v) is 16.7. The number of carbonyl (C=O) groups excluding carboxylic acids is 2. The first-order chi connectivity index (χ1) is 13.9. The summed E-state index contributed by atoms with van der Waals surface area (Å²) in [5.74, 6) is -0.855. The van der Waals surface area contributed by atoms with E-state index in [2.05, 4.69) is 0 Å². The topological polar surface area (TPSA) is 75.0 Å². The van der Waals surface area contributed by atoms with Gasteiger partial charge in [-0.15, -0.1) is 0 Å². The predicted octanol–water partition coefficient (Wildman–Crippen LogP) is 4.23. The van der Waals surface area contributed by atoms with Crippen molar-refractivity contribution in [2.45, 2.75) is 45.0 Å². The molecule has 152 valence electrons. The Morgan fingerprint density at radius 1 is 1.17 bits per heavy atom. The van der Waals surface area contributed by atoms with E-state index in [1.807, 2.05) is 19.9 Å². The highest BCUT2D eigenvalue weighted by molar-refractivity contribution is 5.93. The fourth-order valence-electron chi connectivity index (χ4n) is 4.37. The lowest BCUT2D eigenvalue weighted by atomic mass is 9.67. The number of methoxy groups -OCH3 is 1. The molecule has 0 saturated carbocycles. The number of hydrogen-bond donors (Lipinski definition) is 0. The van der Waals surface area contributed by atoms with E-state index in [9.17, 15) is 9.59 Å². The van der Waals surface area contributed by atoms with Crippen LogP contribution in [-0.2, 0) is 19.0 Å². The molecule has 1 aliphatic heterocycles. The van der Waals surface area contributed by atoms with Crippen LogP contribution in [0.3, 0.4) is 0 Å². The van der Waals surface area contributed by atoms with Crippen LogP contribution in [0.1, 0.15) is 48.7 Å². The maximum absolute atomic E-state index is 12.9. The second-order valence-corrected chi connectivity index (χ2v) is 8.12. The van der Waals surface area contributed by atoms with Gasteiger partial charge in [-0.25, -0.2) is 9.59 Å². The summed E-state index contributed by atoms with van der Waals surface area (Å²) in [6.07, 6.45) is 2.59. The Hall–Kier alpha value is -2.86. The van der Waals surface area contributed by atoms with E-state index in [4.69, 9.17) is 18.6 Å². The molecule has 0 saturated heterocycles. The number of benzene rings is 1. The van der Waals surface area contributed by atoms with Crippen LogP contribution in [0.5, 0.6) is 0 Å². The molecule has 4 rings (SSSR count). The molecule has 2 heterocycles. The molecule has 1 aliphatic carbocycles. The standard InChI is InChI=1S/C23H24O6/c1-23(2)12-16(26-3)11-17-18(23)20(29-21(24)14-7-5-4-6-8-14)19(28-22(17)25)15-9-10-27-13-15/h4-10,13,16,19-20H,11-12H2,1-3H3/t16-,19?,20-/m0/s1. The molecule has 3 atom stereocenters. The van der Waals surface area contributed by atoms with E-state index in [0.29, 0.717) is 29.5 Å². The second-order valence-electron chi connectivity index (χ2n) is 8.12. The highest BCUT2D eigenvalue weighted by Crippen LogP contribution is 2.50. The van der Waals surface area contributed by atoms with Crippen LogP contribution in [0.25, 0.3) is 0 Å². The fraction of sp³-hybridized carbons (Fsp3) is 0.391. The van der Waals surface area contributed by atoms with Gasteiger partial charge in [0.25, 0.3) is 0 Å². The number of rotatable bonds is 4. The van der Waals surface area contributed by atoms with Crippen molar-refractivity contribution in [3.05, 3.63) is 71.2 Å². The van der Waals surface area contributed by atoms with Crippen LogP contribution in [0.15, 0.2) is 64.5 Å². The van der Waals surface area contributed by atoms with E-state index >= 15 is 0 Å². The van der Waals surface area contributed by atoms with Crippen molar-refractivity contribution in [1.82, 2.24) is 0 Å². The van der Waals surface area contributed by atoms with Gasteiger partial charge in [-0.05, 0) is 35.6 Å². The molecular weight excluding hydrogens is 372 g/mol. The molecule has 0 amide bonds. The third-order valence-corrected chi connectivity index (χ3v) is 5.71. The van der Waals surface area contributed by atoms with E-state index in [0.717, 1.165) is 5.57 Å². The summed E-state index contributed by atoms with van der Waals surface area (Å²) < 4.78 is 22.5. The molecular formula is C23H24O6. The quantitative estimate of drug-likeness (QED) is 0.720. The van der Waals surface area contributed by atoms with Gasteiger partial charge in [0.05, 0.1) is 24.2 Å². The number of hydrogen-bond acceptors (Lipinski definition) is 6. The Bertz CT molecular complexity index is 926. The van der Waals surface area contributed by atoms with E-state index < -0.39 is 29.6 Å².